The van der Waals surface area contributed by atoms with Crippen molar-refractivity contribution in [1.29, 1.82) is 5.26 Å². The van der Waals surface area contributed by atoms with Gasteiger partial charge in [-0.1, -0.05) is 11.6 Å². The molecule has 34 heavy (non-hydrogen) atoms. The van der Waals surface area contributed by atoms with Gasteiger partial charge in [0, 0.05) is 35.3 Å². The van der Waals surface area contributed by atoms with Gasteiger partial charge in [-0.25, -0.2) is 4.68 Å². The number of rotatable bonds is 7. The molecule has 1 N–H and O–H groups in total. The van der Waals surface area contributed by atoms with Crippen LogP contribution in [0.4, 0.5) is 11.4 Å². The summed E-state index contributed by atoms with van der Waals surface area (Å²) < 4.78 is 7.10. The molecule has 1 aromatic heterocycles. The second-order valence-corrected chi connectivity index (χ2v) is 11.1. The molecule has 1 saturated heterocycles. The standard InChI is InChI=1S/C25H30ClN5O2S/c26-24-23(28-14-22-16-33-11-12-34-22)15-29-31(25(24)32)21-9-7-20(8-10-21)30(19-5-6-19)18-3-1-17(13-27)2-4-18/h1-4,15,19-22,28H,5-12,14,16H2/t20-,21+,22?. The molecule has 0 radical (unpaired) electrons. The van der Waals surface area contributed by atoms with E-state index in [1.54, 1.807) is 10.9 Å². The minimum atomic E-state index is -0.214. The highest BCUT2D eigenvalue weighted by atomic mass is 35.5. The first-order chi connectivity index (χ1) is 16.6. The second-order valence-electron chi connectivity index (χ2n) is 9.33. The zero-order valence-corrected chi connectivity index (χ0v) is 20.7. The van der Waals surface area contributed by atoms with Gasteiger partial charge in [-0.3, -0.25) is 4.79 Å². The van der Waals surface area contributed by atoms with Crippen molar-refractivity contribution in [1.82, 2.24) is 9.78 Å². The maximum atomic E-state index is 13.0. The van der Waals surface area contributed by atoms with Crippen molar-refractivity contribution < 1.29 is 4.74 Å². The lowest BCUT2D eigenvalue weighted by atomic mass is 9.89. The SMILES string of the molecule is N#Cc1ccc(N(C2CC2)[C@H]2CC[C@@H](n3ncc(NCC4COCCS4)c(Cl)c3=O)CC2)cc1. The minimum Gasteiger partial charge on any atom is -0.381 e. The number of nitrogens with one attached hydrogen (secondary N) is 1. The summed E-state index contributed by atoms with van der Waals surface area (Å²) in [5.74, 6) is 0.992. The Morgan fingerprint density at radius 1 is 1.18 bits per heavy atom. The van der Waals surface area contributed by atoms with Crippen LogP contribution in [-0.2, 0) is 4.74 Å². The number of anilines is 2. The van der Waals surface area contributed by atoms with Gasteiger partial charge in [0.05, 0.1) is 42.8 Å². The maximum absolute atomic E-state index is 13.0. The summed E-state index contributed by atoms with van der Waals surface area (Å²) in [5, 5.41) is 17.5. The predicted octanol–water partition coefficient (Wildman–Crippen LogP) is 4.46. The lowest BCUT2D eigenvalue weighted by Gasteiger charge is -2.39. The predicted molar refractivity (Wildman–Crippen MR) is 137 cm³/mol. The zero-order valence-electron chi connectivity index (χ0n) is 19.2. The first-order valence-corrected chi connectivity index (χ1v) is 13.6. The van der Waals surface area contributed by atoms with Crippen LogP contribution in [0.5, 0.6) is 0 Å². The van der Waals surface area contributed by atoms with Gasteiger partial charge in [0.2, 0.25) is 0 Å². The van der Waals surface area contributed by atoms with Crippen LogP contribution in [-0.4, -0.2) is 52.6 Å². The first kappa shape index (κ1) is 23.5. The Bertz CT molecular complexity index is 1080. The van der Waals surface area contributed by atoms with E-state index in [0.717, 1.165) is 38.0 Å². The molecule has 1 atom stereocenters. The van der Waals surface area contributed by atoms with Gasteiger partial charge in [0.1, 0.15) is 5.02 Å². The van der Waals surface area contributed by atoms with Crippen molar-refractivity contribution in [2.24, 2.45) is 0 Å². The summed E-state index contributed by atoms with van der Waals surface area (Å²) in [4.78, 5) is 15.6. The number of hydrogen-bond donors (Lipinski definition) is 1. The van der Waals surface area contributed by atoms with Crippen LogP contribution in [0, 0.1) is 11.3 Å². The third kappa shape index (κ3) is 5.22. The molecule has 1 aromatic carbocycles. The lowest BCUT2D eigenvalue weighted by Crippen LogP contribution is -2.41. The Kier molecular flexibility index (Phi) is 7.33. The highest BCUT2D eigenvalue weighted by Gasteiger charge is 2.36. The topological polar surface area (TPSA) is 83.2 Å². The smallest absolute Gasteiger partial charge is 0.287 e. The number of nitriles is 1. The molecule has 9 heteroatoms. The van der Waals surface area contributed by atoms with Gasteiger partial charge in [0.15, 0.2) is 0 Å². The Morgan fingerprint density at radius 2 is 1.88 bits per heavy atom. The normalized spacial score (nSPS) is 24.9. The Hall–Kier alpha value is -2.21. The molecule has 7 nitrogen and oxygen atoms in total. The van der Waals surface area contributed by atoms with Crippen molar-refractivity contribution in [3.63, 3.8) is 0 Å². The van der Waals surface area contributed by atoms with Crippen LogP contribution in [0.25, 0.3) is 0 Å². The molecule has 0 amide bonds. The minimum absolute atomic E-state index is 0.0691. The summed E-state index contributed by atoms with van der Waals surface area (Å²) >= 11 is 8.34. The van der Waals surface area contributed by atoms with Gasteiger partial charge >= 0.3 is 0 Å². The number of ether oxygens (including phenoxy) is 1. The largest absolute Gasteiger partial charge is 0.381 e. The molecule has 0 bridgehead atoms. The molecular weight excluding hydrogens is 470 g/mol. The van der Waals surface area contributed by atoms with E-state index in [0.29, 0.717) is 41.7 Å². The number of aromatic nitrogens is 2. The fourth-order valence-electron chi connectivity index (χ4n) is 5.07. The molecule has 3 aliphatic rings. The van der Waals surface area contributed by atoms with Crippen LogP contribution < -0.4 is 15.8 Å². The van der Waals surface area contributed by atoms with Crippen LogP contribution in [0.1, 0.15) is 50.1 Å². The summed E-state index contributed by atoms with van der Waals surface area (Å²) in [7, 11) is 0. The molecule has 180 valence electrons. The molecule has 2 saturated carbocycles. The lowest BCUT2D eigenvalue weighted by molar-refractivity contribution is 0.145. The van der Waals surface area contributed by atoms with Crippen molar-refractivity contribution >= 4 is 34.7 Å². The Morgan fingerprint density at radius 3 is 2.50 bits per heavy atom. The number of hydrogen-bond acceptors (Lipinski definition) is 7. The van der Waals surface area contributed by atoms with Gasteiger partial charge in [-0.05, 0) is 62.8 Å². The molecule has 2 heterocycles. The number of halogens is 1. The molecule has 3 fully saturated rings. The van der Waals surface area contributed by atoms with E-state index >= 15 is 0 Å². The van der Waals surface area contributed by atoms with Crippen molar-refractivity contribution in [2.45, 2.75) is 61.9 Å². The summed E-state index contributed by atoms with van der Waals surface area (Å²) in [5.41, 5.74) is 2.27. The average molecular weight is 500 g/mol. The highest BCUT2D eigenvalue weighted by molar-refractivity contribution is 8.00. The van der Waals surface area contributed by atoms with E-state index in [1.165, 1.54) is 18.5 Å². The fourth-order valence-corrected chi connectivity index (χ4v) is 6.21. The third-order valence-electron chi connectivity index (χ3n) is 6.99. The van der Waals surface area contributed by atoms with E-state index in [2.05, 4.69) is 33.5 Å². The Labute approximate surface area is 209 Å². The van der Waals surface area contributed by atoms with E-state index in [9.17, 15) is 4.79 Å². The van der Waals surface area contributed by atoms with Crippen LogP contribution >= 0.6 is 23.4 Å². The maximum Gasteiger partial charge on any atom is 0.287 e. The molecule has 1 aliphatic heterocycles. The van der Waals surface area contributed by atoms with Crippen LogP contribution in [0.2, 0.25) is 5.02 Å². The molecule has 0 spiro atoms. The van der Waals surface area contributed by atoms with Gasteiger partial charge in [-0.2, -0.15) is 22.1 Å². The molecular formula is C25H30ClN5O2S. The fraction of sp³-hybridized carbons (Fsp3) is 0.560. The Balaban J connectivity index is 1.22. The summed E-state index contributed by atoms with van der Waals surface area (Å²) in [6.45, 7) is 2.21. The summed E-state index contributed by atoms with van der Waals surface area (Å²) in [6, 6.07) is 11.2. The zero-order chi connectivity index (χ0) is 23.5. The van der Waals surface area contributed by atoms with Crippen LogP contribution in [0.15, 0.2) is 35.3 Å². The van der Waals surface area contributed by atoms with E-state index < -0.39 is 0 Å². The van der Waals surface area contributed by atoms with Crippen molar-refractivity contribution in [2.75, 3.05) is 35.7 Å². The van der Waals surface area contributed by atoms with Crippen LogP contribution in [0.3, 0.4) is 0 Å². The van der Waals surface area contributed by atoms with E-state index in [-0.39, 0.29) is 16.6 Å². The highest BCUT2D eigenvalue weighted by Crippen LogP contribution is 2.39. The first-order valence-electron chi connectivity index (χ1n) is 12.1. The van der Waals surface area contributed by atoms with Crippen molar-refractivity contribution in [3.05, 3.63) is 51.4 Å². The number of nitrogens with zero attached hydrogens (tertiary/aromatic N) is 4. The van der Waals surface area contributed by atoms with E-state index in [1.807, 2.05) is 23.9 Å². The van der Waals surface area contributed by atoms with Gasteiger partial charge < -0.3 is 15.0 Å². The van der Waals surface area contributed by atoms with Gasteiger partial charge in [0.25, 0.3) is 5.56 Å². The number of benzene rings is 1. The summed E-state index contributed by atoms with van der Waals surface area (Å²) in [6.07, 6.45) is 7.94. The number of thioether (sulfide) groups is 1. The monoisotopic (exact) mass is 499 g/mol. The van der Waals surface area contributed by atoms with Gasteiger partial charge in [-0.15, -0.1) is 0 Å². The molecule has 5 rings (SSSR count). The average Bonchev–Trinajstić information content (AvgIpc) is 3.72. The quantitative estimate of drug-likeness (QED) is 0.601. The third-order valence-corrected chi connectivity index (χ3v) is 8.53. The molecule has 1 unspecified atom stereocenters. The second kappa shape index (κ2) is 10.6. The van der Waals surface area contributed by atoms with E-state index in [4.69, 9.17) is 21.6 Å². The molecule has 2 aliphatic carbocycles. The molecule has 2 aromatic rings. The van der Waals surface area contributed by atoms with Crippen molar-refractivity contribution in [3.8, 4) is 6.07 Å².